The van der Waals surface area contributed by atoms with Crippen LogP contribution in [-0.4, -0.2) is 16.1 Å². The Morgan fingerprint density at radius 2 is 2.14 bits per heavy atom. The minimum absolute atomic E-state index is 0.159. The van der Waals surface area contributed by atoms with E-state index in [0.29, 0.717) is 15.6 Å². The molecule has 0 radical (unpaired) electrons. The van der Waals surface area contributed by atoms with E-state index in [1.54, 1.807) is 18.5 Å². The normalized spacial score (nSPS) is 18.1. The summed E-state index contributed by atoms with van der Waals surface area (Å²) in [6.45, 7) is 0.159. The van der Waals surface area contributed by atoms with Crippen molar-refractivity contribution in [1.82, 2.24) is 10.2 Å². The van der Waals surface area contributed by atoms with E-state index in [2.05, 4.69) is 10.2 Å². The number of thiophene rings is 1. The average Bonchev–Trinajstić information content (AvgIpc) is 3.37. The van der Waals surface area contributed by atoms with Gasteiger partial charge in [-0.3, -0.25) is 5.10 Å². The second-order valence-corrected chi connectivity index (χ2v) is 8.15. The third kappa shape index (κ3) is 3.38. The van der Waals surface area contributed by atoms with E-state index >= 15 is 0 Å². The predicted molar refractivity (Wildman–Crippen MR) is 105 cm³/mol. The first-order valence-electron chi connectivity index (χ1n) is 9.12. The molecule has 0 aliphatic heterocycles. The Morgan fingerprint density at radius 1 is 1.31 bits per heavy atom. The number of nitrogens with one attached hydrogen (secondary N) is 1. The monoisotopic (exact) mass is 414 g/mol. The Morgan fingerprint density at radius 3 is 2.90 bits per heavy atom. The lowest BCUT2D eigenvalue weighted by atomic mass is 9.89. The number of hydrogen-bond acceptors (Lipinski definition) is 5. The van der Waals surface area contributed by atoms with Crippen LogP contribution < -0.4 is 5.63 Å². The highest BCUT2D eigenvalue weighted by Crippen LogP contribution is 2.45. The molecule has 1 aliphatic carbocycles. The number of halogens is 2. The first-order valence-corrected chi connectivity index (χ1v) is 9.94. The van der Waals surface area contributed by atoms with Crippen LogP contribution >= 0.6 is 11.3 Å². The van der Waals surface area contributed by atoms with Gasteiger partial charge in [0.15, 0.2) is 0 Å². The summed E-state index contributed by atoms with van der Waals surface area (Å²) >= 11 is 1.21. The van der Waals surface area contributed by atoms with E-state index in [0.717, 1.165) is 16.0 Å². The largest absolute Gasteiger partial charge is 0.424 e. The van der Waals surface area contributed by atoms with Crippen LogP contribution in [0.1, 0.15) is 29.4 Å². The molecule has 3 aromatic heterocycles. The van der Waals surface area contributed by atoms with Crippen LogP contribution in [0.4, 0.5) is 8.78 Å². The highest BCUT2D eigenvalue weighted by Gasteiger charge is 2.43. The van der Waals surface area contributed by atoms with Gasteiger partial charge >= 0.3 is 5.63 Å². The molecule has 148 valence electrons. The lowest BCUT2D eigenvalue weighted by Gasteiger charge is -2.30. The van der Waals surface area contributed by atoms with E-state index in [1.807, 2.05) is 30.3 Å². The van der Waals surface area contributed by atoms with Crippen LogP contribution in [0.25, 0.3) is 20.5 Å². The van der Waals surface area contributed by atoms with Crippen molar-refractivity contribution in [2.45, 2.75) is 31.5 Å². The summed E-state index contributed by atoms with van der Waals surface area (Å²) in [7, 11) is 0. The van der Waals surface area contributed by atoms with Gasteiger partial charge in [-0.1, -0.05) is 30.3 Å². The van der Waals surface area contributed by atoms with Crippen LogP contribution in [0.5, 0.6) is 0 Å². The molecule has 1 unspecified atom stereocenters. The molecule has 29 heavy (non-hydrogen) atoms. The minimum atomic E-state index is -2.95. The molecule has 5 nitrogen and oxygen atoms in total. The number of nitrogens with zero attached hydrogens (tertiary/aromatic N) is 1. The van der Waals surface area contributed by atoms with Gasteiger partial charge in [-0.05, 0) is 11.6 Å². The molecule has 8 heteroatoms. The number of hydrogen-bond donors (Lipinski definition) is 1. The molecule has 4 aromatic rings. The van der Waals surface area contributed by atoms with E-state index in [9.17, 15) is 13.6 Å². The molecule has 0 saturated carbocycles. The maximum Gasteiger partial charge on any atom is 0.354 e. The number of H-pyrrole nitrogens is 1. The lowest BCUT2D eigenvalue weighted by molar-refractivity contribution is -0.0895. The van der Waals surface area contributed by atoms with Crippen LogP contribution in [0, 0.1) is 0 Å². The van der Waals surface area contributed by atoms with Crippen molar-refractivity contribution in [3.05, 3.63) is 76.1 Å². The number of aromatic nitrogens is 2. The molecule has 1 atom stereocenters. The van der Waals surface area contributed by atoms with Crippen molar-refractivity contribution in [1.29, 1.82) is 0 Å². The quantitative estimate of drug-likeness (QED) is 0.505. The fourth-order valence-electron chi connectivity index (χ4n) is 3.68. The molecule has 5 rings (SSSR count). The van der Waals surface area contributed by atoms with Crippen molar-refractivity contribution in [3.8, 4) is 10.4 Å². The van der Waals surface area contributed by atoms with Crippen LogP contribution in [0.15, 0.2) is 58.0 Å². The number of fused-ring (bicyclic) bond motifs is 3. The summed E-state index contributed by atoms with van der Waals surface area (Å²) in [5, 5.41) is 7.13. The molecule has 3 heterocycles. The Labute approximate surface area is 167 Å². The number of rotatable bonds is 4. The first-order chi connectivity index (χ1) is 14.0. The van der Waals surface area contributed by atoms with Gasteiger partial charge in [-0.2, -0.15) is 5.10 Å². The third-order valence-corrected chi connectivity index (χ3v) is 6.20. The average molecular weight is 414 g/mol. The van der Waals surface area contributed by atoms with E-state index in [-0.39, 0.29) is 12.4 Å². The lowest BCUT2D eigenvalue weighted by Crippen LogP contribution is -2.31. The standard InChI is InChI=1S/C21H16F2N2O3S/c22-21(23)7-15-14-6-17(13-9-24-25-10-13)29-19(14)20(26)28-18(15)16(8-21)27-11-12-4-2-1-3-5-12/h1-6,9-10,16H,7-8,11H2,(H,24,25). The Kier molecular flexibility index (Phi) is 4.33. The zero-order valence-corrected chi connectivity index (χ0v) is 16.0. The topological polar surface area (TPSA) is 68.1 Å². The second-order valence-electron chi connectivity index (χ2n) is 7.09. The van der Waals surface area contributed by atoms with Crippen molar-refractivity contribution >= 4 is 21.4 Å². The summed E-state index contributed by atoms with van der Waals surface area (Å²) in [4.78, 5) is 13.4. The summed E-state index contributed by atoms with van der Waals surface area (Å²) in [5.74, 6) is -2.74. The van der Waals surface area contributed by atoms with E-state index in [1.165, 1.54) is 11.3 Å². The molecular weight excluding hydrogens is 398 g/mol. The molecule has 1 aliphatic rings. The molecule has 0 bridgehead atoms. The Bertz CT molecular complexity index is 1220. The predicted octanol–water partition coefficient (Wildman–Crippen LogP) is 5.08. The van der Waals surface area contributed by atoms with E-state index < -0.39 is 30.5 Å². The SMILES string of the molecule is O=c1oc2c(c3cc(-c4cn[nH]c4)sc13)CC(F)(F)CC2OCc1ccccc1. The number of ether oxygens (including phenoxy) is 1. The van der Waals surface area contributed by atoms with E-state index in [4.69, 9.17) is 9.15 Å². The minimum Gasteiger partial charge on any atom is -0.424 e. The fraction of sp³-hybridized carbons (Fsp3) is 0.238. The highest BCUT2D eigenvalue weighted by atomic mass is 32.1. The van der Waals surface area contributed by atoms with Gasteiger partial charge in [0.25, 0.3) is 5.92 Å². The summed E-state index contributed by atoms with van der Waals surface area (Å²) < 4.78 is 40.7. The molecule has 1 N–H and O–H groups in total. The number of benzene rings is 1. The summed E-state index contributed by atoms with van der Waals surface area (Å²) in [5.41, 5.74) is 1.47. The van der Waals surface area contributed by atoms with Gasteiger partial charge in [-0.15, -0.1) is 11.3 Å². The van der Waals surface area contributed by atoms with Gasteiger partial charge in [0, 0.05) is 40.4 Å². The molecule has 0 saturated heterocycles. The first kappa shape index (κ1) is 18.2. The van der Waals surface area contributed by atoms with Gasteiger partial charge in [0.2, 0.25) is 0 Å². The molecule has 0 spiro atoms. The maximum absolute atomic E-state index is 14.6. The van der Waals surface area contributed by atoms with Crippen LogP contribution in [0.2, 0.25) is 0 Å². The van der Waals surface area contributed by atoms with Gasteiger partial charge < -0.3 is 9.15 Å². The Balaban J connectivity index is 1.58. The molecule has 0 amide bonds. The summed E-state index contributed by atoms with van der Waals surface area (Å²) in [6, 6.07) is 11.1. The fourth-order valence-corrected chi connectivity index (χ4v) is 4.72. The van der Waals surface area contributed by atoms with Gasteiger partial charge in [-0.25, -0.2) is 13.6 Å². The van der Waals surface area contributed by atoms with Crippen LogP contribution in [-0.2, 0) is 17.8 Å². The van der Waals surface area contributed by atoms with Crippen molar-refractivity contribution in [2.75, 3.05) is 0 Å². The smallest absolute Gasteiger partial charge is 0.354 e. The molecule has 1 aromatic carbocycles. The zero-order chi connectivity index (χ0) is 20.0. The Hall–Kier alpha value is -2.84. The summed E-state index contributed by atoms with van der Waals surface area (Å²) in [6.07, 6.45) is 1.34. The van der Waals surface area contributed by atoms with Gasteiger partial charge in [0.1, 0.15) is 16.6 Å². The van der Waals surface area contributed by atoms with Gasteiger partial charge in [0.05, 0.1) is 12.8 Å². The highest BCUT2D eigenvalue weighted by molar-refractivity contribution is 7.22. The van der Waals surface area contributed by atoms with Crippen molar-refractivity contribution in [2.24, 2.45) is 0 Å². The number of aromatic amines is 1. The second kappa shape index (κ2) is 6.89. The maximum atomic E-state index is 14.6. The number of alkyl halides is 2. The third-order valence-electron chi connectivity index (χ3n) is 5.03. The van der Waals surface area contributed by atoms with Crippen LogP contribution in [0.3, 0.4) is 0 Å². The van der Waals surface area contributed by atoms with Crippen molar-refractivity contribution in [3.63, 3.8) is 0 Å². The zero-order valence-electron chi connectivity index (χ0n) is 15.2. The molecular formula is C21H16F2N2O3S. The molecule has 0 fully saturated rings. The van der Waals surface area contributed by atoms with Crippen molar-refractivity contribution < 1.29 is 17.9 Å².